The van der Waals surface area contributed by atoms with E-state index in [1.807, 2.05) is 18.7 Å². The van der Waals surface area contributed by atoms with Crippen LogP contribution in [-0.4, -0.2) is 77.6 Å². The van der Waals surface area contributed by atoms with Gasteiger partial charge in [0.25, 0.3) is 0 Å². The topological polar surface area (TPSA) is 87.8 Å². The smallest absolute Gasteiger partial charge is 0.318 e. The van der Waals surface area contributed by atoms with Crippen molar-refractivity contribution in [2.24, 2.45) is 5.92 Å². The minimum Gasteiger partial charge on any atom is -0.462 e. The Bertz CT molecular complexity index is 1270. The molecule has 1 aliphatic carbocycles. The Balaban J connectivity index is 1.51. The average molecular weight is 551 g/mol. The SMILES string of the molecule is C=CC(=O)N1CCN(c2nc(OCC3CCCN3C)nc3c2CC(C)C(c2c(C)c(C)cc(N)c2F)C3)C(C)C1. The van der Waals surface area contributed by atoms with Crippen LogP contribution < -0.4 is 15.4 Å². The van der Waals surface area contributed by atoms with Crippen LogP contribution in [0, 0.1) is 25.6 Å². The molecule has 1 amide bonds. The number of fused-ring (bicyclic) bond motifs is 1. The molecular formula is C31H43FN6O2. The van der Waals surface area contributed by atoms with Gasteiger partial charge in [-0.25, -0.2) is 4.39 Å². The molecule has 0 spiro atoms. The van der Waals surface area contributed by atoms with Crippen LogP contribution in [0.3, 0.4) is 0 Å². The molecule has 1 aromatic heterocycles. The van der Waals surface area contributed by atoms with E-state index in [1.54, 1.807) is 6.07 Å². The fraction of sp³-hybridized carbons (Fsp3) is 0.581. The van der Waals surface area contributed by atoms with Crippen LogP contribution in [0.15, 0.2) is 18.7 Å². The second-order valence-corrected chi connectivity index (χ2v) is 12.0. The largest absolute Gasteiger partial charge is 0.462 e. The number of nitrogens with zero attached hydrogens (tertiary/aromatic N) is 5. The number of ether oxygens (including phenoxy) is 1. The van der Waals surface area contributed by atoms with Crippen molar-refractivity contribution < 1.29 is 13.9 Å². The molecule has 5 rings (SSSR count). The van der Waals surface area contributed by atoms with Gasteiger partial charge in [0.2, 0.25) is 5.91 Å². The maximum Gasteiger partial charge on any atom is 0.318 e. The standard InChI is InChI=1S/C31H43FN6O2/c1-7-27(39)37-11-12-38(20(4)16-37)30-24-13-19(3)23(28-21(5)18(2)14-25(33)29(28)32)15-26(24)34-31(35-30)40-17-22-9-8-10-36(22)6/h7,14,19-20,22-23H,1,8-13,15-17,33H2,2-6H3. The number of benzene rings is 1. The number of anilines is 2. The zero-order valence-electron chi connectivity index (χ0n) is 24.5. The molecule has 2 aliphatic heterocycles. The molecule has 1 aromatic carbocycles. The summed E-state index contributed by atoms with van der Waals surface area (Å²) in [6.07, 6.45) is 4.96. The predicted molar refractivity (Wildman–Crippen MR) is 156 cm³/mol. The minimum atomic E-state index is -0.310. The number of rotatable bonds is 6. The Hall–Kier alpha value is -3.20. The molecule has 3 heterocycles. The van der Waals surface area contributed by atoms with Crippen molar-refractivity contribution in [2.45, 2.75) is 71.4 Å². The van der Waals surface area contributed by atoms with E-state index in [1.165, 1.54) is 6.08 Å². The molecule has 9 heteroatoms. The monoisotopic (exact) mass is 550 g/mol. The van der Waals surface area contributed by atoms with E-state index in [-0.39, 0.29) is 35.3 Å². The molecule has 8 nitrogen and oxygen atoms in total. The van der Waals surface area contributed by atoms with Crippen LogP contribution in [0.1, 0.15) is 60.6 Å². The molecule has 0 saturated carbocycles. The van der Waals surface area contributed by atoms with Gasteiger partial charge in [-0.1, -0.05) is 13.5 Å². The first-order valence-electron chi connectivity index (χ1n) is 14.5. The summed E-state index contributed by atoms with van der Waals surface area (Å²) in [5.41, 5.74) is 11.0. The first-order chi connectivity index (χ1) is 19.1. The second kappa shape index (κ2) is 11.4. The molecule has 2 aromatic rings. The summed E-state index contributed by atoms with van der Waals surface area (Å²) >= 11 is 0. The summed E-state index contributed by atoms with van der Waals surface area (Å²) in [5.74, 6) is 0.638. The molecule has 2 fully saturated rings. The van der Waals surface area contributed by atoms with Crippen molar-refractivity contribution in [1.29, 1.82) is 0 Å². The van der Waals surface area contributed by atoms with Gasteiger partial charge in [-0.15, -0.1) is 0 Å². The van der Waals surface area contributed by atoms with Crippen LogP contribution in [0.5, 0.6) is 6.01 Å². The zero-order valence-corrected chi connectivity index (χ0v) is 24.5. The van der Waals surface area contributed by atoms with Crippen LogP contribution in [0.25, 0.3) is 0 Å². The number of hydrogen-bond acceptors (Lipinski definition) is 7. The van der Waals surface area contributed by atoms with E-state index in [0.29, 0.717) is 50.3 Å². The maximum absolute atomic E-state index is 15.5. The number of aromatic nitrogens is 2. The predicted octanol–water partition coefficient (Wildman–Crippen LogP) is 4.03. The lowest BCUT2D eigenvalue weighted by Crippen LogP contribution is -2.54. The van der Waals surface area contributed by atoms with Crippen LogP contribution in [0.4, 0.5) is 15.9 Å². The van der Waals surface area contributed by atoms with E-state index in [9.17, 15) is 4.79 Å². The van der Waals surface area contributed by atoms with E-state index in [4.69, 9.17) is 20.4 Å². The highest BCUT2D eigenvalue weighted by molar-refractivity contribution is 5.87. The van der Waals surface area contributed by atoms with E-state index in [0.717, 1.165) is 54.0 Å². The third kappa shape index (κ3) is 5.28. The Kier molecular flexibility index (Phi) is 8.04. The minimum absolute atomic E-state index is 0.0489. The van der Waals surface area contributed by atoms with Gasteiger partial charge in [-0.3, -0.25) is 4.79 Å². The number of hydrogen-bond donors (Lipinski definition) is 1. The quantitative estimate of drug-likeness (QED) is 0.429. The van der Waals surface area contributed by atoms with Gasteiger partial charge >= 0.3 is 6.01 Å². The lowest BCUT2D eigenvalue weighted by atomic mass is 9.73. The number of likely N-dealkylation sites (tertiary alicyclic amines) is 1. The highest BCUT2D eigenvalue weighted by Gasteiger charge is 2.37. The number of amides is 1. The summed E-state index contributed by atoms with van der Waals surface area (Å²) in [7, 11) is 2.13. The van der Waals surface area contributed by atoms with Gasteiger partial charge < -0.3 is 25.2 Å². The van der Waals surface area contributed by atoms with Crippen molar-refractivity contribution in [2.75, 3.05) is 50.5 Å². The number of nitrogens with two attached hydrogens (primary N) is 1. The van der Waals surface area contributed by atoms with Crippen LogP contribution in [-0.2, 0) is 17.6 Å². The van der Waals surface area contributed by atoms with E-state index >= 15 is 4.39 Å². The number of halogens is 1. The van der Waals surface area contributed by atoms with Crippen molar-refractivity contribution in [3.63, 3.8) is 0 Å². The van der Waals surface area contributed by atoms with E-state index < -0.39 is 0 Å². The fourth-order valence-electron chi connectivity index (χ4n) is 6.78. The van der Waals surface area contributed by atoms with Crippen molar-refractivity contribution in [1.82, 2.24) is 19.8 Å². The Morgan fingerprint density at radius 1 is 1.23 bits per heavy atom. The first kappa shape index (κ1) is 28.3. The molecular weight excluding hydrogens is 507 g/mol. The fourth-order valence-corrected chi connectivity index (χ4v) is 6.78. The molecule has 40 heavy (non-hydrogen) atoms. The molecule has 2 N–H and O–H groups in total. The summed E-state index contributed by atoms with van der Waals surface area (Å²) in [6, 6.07) is 2.50. The van der Waals surface area contributed by atoms with Crippen LogP contribution >= 0.6 is 0 Å². The molecule has 216 valence electrons. The van der Waals surface area contributed by atoms with Gasteiger partial charge in [-0.2, -0.15) is 9.97 Å². The lowest BCUT2D eigenvalue weighted by molar-refractivity contribution is -0.126. The summed E-state index contributed by atoms with van der Waals surface area (Å²) < 4.78 is 21.8. The number of likely N-dealkylation sites (N-methyl/N-ethyl adjacent to an activating group) is 1. The first-order valence-corrected chi connectivity index (χ1v) is 14.5. The molecule has 0 bridgehead atoms. The summed E-state index contributed by atoms with van der Waals surface area (Å²) in [4.78, 5) is 28.7. The summed E-state index contributed by atoms with van der Waals surface area (Å²) in [5, 5.41) is 0. The number of aryl methyl sites for hydroxylation is 1. The van der Waals surface area contributed by atoms with Crippen molar-refractivity contribution in [3.05, 3.63) is 52.5 Å². The lowest BCUT2D eigenvalue weighted by Gasteiger charge is -2.42. The van der Waals surface area contributed by atoms with Gasteiger partial charge in [-0.05, 0) is 101 Å². The van der Waals surface area contributed by atoms with Gasteiger partial charge in [0.15, 0.2) is 0 Å². The Morgan fingerprint density at radius 3 is 2.67 bits per heavy atom. The molecule has 0 radical (unpaired) electrons. The number of piperazine rings is 1. The van der Waals surface area contributed by atoms with Gasteiger partial charge in [0.1, 0.15) is 18.2 Å². The normalized spacial score (nSPS) is 25.1. The zero-order chi connectivity index (χ0) is 28.7. The molecule has 4 unspecified atom stereocenters. The van der Waals surface area contributed by atoms with Crippen LogP contribution in [0.2, 0.25) is 0 Å². The maximum atomic E-state index is 15.5. The Labute approximate surface area is 237 Å². The number of carbonyl (C=O) groups is 1. The highest BCUT2D eigenvalue weighted by atomic mass is 19.1. The van der Waals surface area contributed by atoms with Crippen molar-refractivity contribution in [3.8, 4) is 6.01 Å². The van der Waals surface area contributed by atoms with Gasteiger partial charge in [0.05, 0.1) is 11.4 Å². The molecule has 2 saturated heterocycles. The average Bonchev–Trinajstić information content (AvgIpc) is 3.35. The van der Waals surface area contributed by atoms with Crippen molar-refractivity contribution >= 4 is 17.4 Å². The van der Waals surface area contributed by atoms with E-state index in [2.05, 4.69) is 37.3 Å². The highest BCUT2D eigenvalue weighted by Crippen LogP contribution is 2.43. The second-order valence-electron chi connectivity index (χ2n) is 12.0. The molecule has 4 atom stereocenters. The number of nitrogen functional groups attached to an aromatic ring is 1. The third-order valence-electron chi connectivity index (χ3n) is 9.37. The molecule has 3 aliphatic rings. The summed E-state index contributed by atoms with van der Waals surface area (Å²) in [6.45, 7) is 15.4. The van der Waals surface area contributed by atoms with Gasteiger partial charge in [0, 0.05) is 37.3 Å². The third-order valence-corrected chi connectivity index (χ3v) is 9.37. The Morgan fingerprint density at radius 2 is 2.00 bits per heavy atom. The number of carbonyl (C=O) groups excluding carboxylic acids is 1.